The van der Waals surface area contributed by atoms with Gasteiger partial charge >= 0.3 is 74.3 Å². The third-order valence-electron chi connectivity index (χ3n) is 1.95. The van der Waals surface area contributed by atoms with Crippen LogP contribution in [0.5, 0.6) is 0 Å². The van der Waals surface area contributed by atoms with Crippen molar-refractivity contribution < 1.29 is 0 Å². The zero-order valence-corrected chi connectivity index (χ0v) is 11.5. The third kappa shape index (κ3) is 6.33. The molecule has 0 fully saturated rings. The molecule has 0 heterocycles. The van der Waals surface area contributed by atoms with E-state index in [1.54, 1.807) is 7.87 Å². The van der Waals surface area contributed by atoms with Gasteiger partial charge in [0.2, 0.25) is 0 Å². The van der Waals surface area contributed by atoms with E-state index in [2.05, 4.69) is 33.6 Å². The molecule has 11 heavy (non-hydrogen) atoms. The van der Waals surface area contributed by atoms with Crippen molar-refractivity contribution in [1.82, 2.24) is 0 Å². The van der Waals surface area contributed by atoms with Gasteiger partial charge in [0, 0.05) is 0 Å². The Labute approximate surface area is 74.8 Å². The molecule has 0 aromatic rings. The van der Waals surface area contributed by atoms with Gasteiger partial charge in [-0.2, -0.15) is 0 Å². The molecule has 1 unspecified atom stereocenters. The van der Waals surface area contributed by atoms with Crippen molar-refractivity contribution in [3.05, 3.63) is 0 Å². The van der Waals surface area contributed by atoms with Crippen LogP contribution in [-0.4, -0.2) is 32.8 Å². The molecule has 0 saturated heterocycles. The predicted octanol–water partition coefficient (Wildman–Crippen LogP) is 4.05. The second kappa shape index (κ2) is 5.75. The zero-order chi connectivity index (χ0) is 8.91. The molecule has 0 aromatic carbocycles. The molecule has 0 spiro atoms. The topological polar surface area (TPSA) is 0 Å². The Hall–Kier alpha value is 1.16. The number of unbranched alkanes of at least 4 members (excludes halogenated alkanes) is 1. The molecule has 0 aliphatic rings. The van der Waals surface area contributed by atoms with E-state index in [1.807, 2.05) is 0 Å². The molecule has 0 rings (SSSR count). The number of hydrogen-bond acceptors (Lipinski definition) is 0. The Kier molecular flexibility index (Phi) is 6.35. The molecule has 3 heteroatoms. The first-order valence-corrected chi connectivity index (χ1v) is 12.9. The van der Waals surface area contributed by atoms with E-state index in [0.717, 1.165) is 0 Å². The van der Waals surface area contributed by atoms with E-state index < -0.39 is 6.95 Å². The van der Waals surface area contributed by atoms with E-state index >= 15 is 0 Å². The van der Waals surface area contributed by atoms with Gasteiger partial charge in [0.15, 0.2) is 0 Å². The molecule has 70 valence electrons. The third-order valence-corrected chi connectivity index (χ3v) is 21.2. The van der Waals surface area contributed by atoms with Gasteiger partial charge in [-0.1, -0.05) is 0 Å². The minimum atomic E-state index is -0.721. The van der Waals surface area contributed by atoms with Crippen LogP contribution in [0.2, 0.25) is 0 Å². The summed E-state index contributed by atoms with van der Waals surface area (Å²) in [6.07, 6.45) is 4.27. The summed E-state index contributed by atoms with van der Waals surface area (Å²) >= 11 is 0. The fraction of sp³-hybridized carbons (Fsp3) is 1.00. The second-order valence-corrected chi connectivity index (χ2v) is 21.5. The molecule has 0 radical (unpaired) electrons. The molecule has 0 N–H and O–H groups in total. The van der Waals surface area contributed by atoms with Crippen LogP contribution in [0.1, 0.15) is 19.8 Å². The Morgan fingerprint density at radius 2 is 1.82 bits per heavy atom. The Morgan fingerprint density at radius 3 is 2.18 bits per heavy atom. The first-order valence-electron chi connectivity index (χ1n) is 4.50. The van der Waals surface area contributed by atoms with E-state index in [4.69, 9.17) is 0 Å². The van der Waals surface area contributed by atoms with E-state index in [-0.39, 0.29) is 6.90 Å². The predicted molar refractivity (Wildman–Crippen MR) is 67.0 cm³/mol. The van der Waals surface area contributed by atoms with Crippen molar-refractivity contribution in [2.75, 3.05) is 32.8 Å². The first kappa shape index (κ1) is 12.2. The van der Waals surface area contributed by atoms with Crippen LogP contribution in [0.25, 0.3) is 0 Å². The van der Waals surface area contributed by atoms with E-state index in [1.165, 1.54) is 19.0 Å². The van der Waals surface area contributed by atoms with Gasteiger partial charge in [-0.25, -0.2) is 0 Å². The quantitative estimate of drug-likeness (QED) is 0.487. The maximum absolute atomic E-state index is 2.52. The van der Waals surface area contributed by atoms with Gasteiger partial charge in [0.05, 0.1) is 0 Å². The summed E-state index contributed by atoms with van der Waals surface area (Å²) in [7, 11) is 1.80. The molecule has 0 aromatic heterocycles. The Morgan fingerprint density at radius 1 is 1.27 bits per heavy atom. The zero-order valence-electron chi connectivity index (χ0n) is 8.57. The van der Waals surface area contributed by atoms with Gasteiger partial charge in [-0.05, 0) is 0 Å². The van der Waals surface area contributed by atoms with Crippen molar-refractivity contribution in [2.45, 2.75) is 19.8 Å². The average Bonchev–Trinajstić information content (AvgIpc) is 1.86. The fourth-order valence-electron chi connectivity index (χ4n) is 0.642. The summed E-state index contributed by atoms with van der Waals surface area (Å²) < 4.78 is 0. The molecule has 0 aliphatic heterocycles. The molecule has 0 amide bonds. The van der Waals surface area contributed by atoms with Crippen LogP contribution in [-0.2, 0) is 0 Å². The Balaban J connectivity index is 3.81. The first-order chi connectivity index (χ1) is 4.98. The number of hydrogen-bond donors (Lipinski definition) is 0. The van der Waals surface area contributed by atoms with Gasteiger partial charge in [-0.15, -0.1) is 0 Å². The molecule has 1 atom stereocenters. The average molecular weight is 212 g/mol. The van der Waals surface area contributed by atoms with E-state index in [0.29, 0.717) is 0 Å². The van der Waals surface area contributed by atoms with Crippen molar-refractivity contribution in [3.8, 4) is 0 Å². The molecule has 0 bridgehead atoms. The van der Waals surface area contributed by atoms with Crippen LogP contribution in [0.15, 0.2) is 0 Å². The molecule has 0 aliphatic carbocycles. The summed E-state index contributed by atoms with van der Waals surface area (Å²) in [4.78, 5) is 0. The summed E-state index contributed by atoms with van der Waals surface area (Å²) in [5.74, 6) is 0. The minimum absolute atomic E-state index is 0.0335. The fourth-order valence-corrected chi connectivity index (χ4v) is 10.1. The van der Waals surface area contributed by atoms with Crippen molar-refractivity contribution in [3.63, 3.8) is 0 Å². The molecular weight excluding hydrogens is 189 g/mol. The maximum atomic E-state index is 2.52. The van der Waals surface area contributed by atoms with Crippen molar-refractivity contribution in [1.29, 1.82) is 0 Å². The van der Waals surface area contributed by atoms with Gasteiger partial charge in [-0.3, -0.25) is 0 Å². The summed E-state index contributed by atoms with van der Waals surface area (Å²) in [5, 5.41) is 0. The van der Waals surface area contributed by atoms with Gasteiger partial charge in [0.25, 0.3) is 0 Å². The molecule has 0 nitrogen and oxygen atoms in total. The van der Waals surface area contributed by atoms with Crippen LogP contribution in [0, 0.1) is 0 Å². The van der Waals surface area contributed by atoms with Crippen LogP contribution in [0.3, 0.4) is 0 Å². The van der Waals surface area contributed by atoms with Crippen molar-refractivity contribution >= 4 is 21.7 Å². The SMILES string of the molecule is CCCC/P=[PH](/C)[PH](C)(C)C. The van der Waals surface area contributed by atoms with E-state index in [9.17, 15) is 0 Å². The van der Waals surface area contributed by atoms with Crippen LogP contribution < -0.4 is 0 Å². The molecular formula is C8H23P3. The standard InChI is InChI=1S/C8H23P3/c1-6-7-8-9-10(2)11(3,4)5/h10-11H,6-8H2,1-5H3. The summed E-state index contributed by atoms with van der Waals surface area (Å²) in [6.45, 7) is 11.7. The number of rotatable bonds is 4. The van der Waals surface area contributed by atoms with Crippen molar-refractivity contribution in [2.24, 2.45) is 0 Å². The van der Waals surface area contributed by atoms with Gasteiger partial charge < -0.3 is 0 Å². The molecule has 0 saturated carbocycles. The summed E-state index contributed by atoms with van der Waals surface area (Å²) in [5.41, 5.74) is 0. The summed E-state index contributed by atoms with van der Waals surface area (Å²) in [6, 6.07) is 0. The van der Waals surface area contributed by atoms with Crippen LogP contribution >= 0.6 is 21.7 Å². The second-order valence-electron chi connectivity index (χ2n) is 4.07. The van der Waals surface area contributed by atoms with Gasteiger partial charge in [0.1, 0.15) is 0 Å². The normalized spacial score (nSPS) is 16.8. The monoisotopic (exact) mass is 212 g/mol. The van der Waals surface area contributed by atoms with Crippen LogP contribution in [0.4, 0.5) is 0 Å². The Bertz CT molecular complexity index is 133.